The largest absolute Gasteiger partial charge is 0.493 e. The van der Waals surface area contributed by atoms with Crippen LogP contribution in [0.25, 0.3) is 10.8 Å². The highest BCUT2D eigenvalue weighted by Gasteiger charge is 2.08. The van der Waals surface area contributed by atoms with Crippen molar-refractivity contribution in [3.05, 3.63) is 77.9 Å². The number of hydrazone groups is 1. The summed E-state index contributed by atoms with van der Waals surface area (Å²) in [6, 6.07) is 21.1. The smallest absolute Gasteiger partial charge is 0.271 e. The average Bonchev–Trinajstić information content (AvgIpc) is 2.66. The fourth-order valence-corrected chi connectivity index (χ4v) is 2.56. The Morgan fingerprint density at radius 3 is 2.54 bits per heavy atom. The lowest BCUT2D eigenvalue weighted by molar-refractivity contribution is 0.0957. The summed E-state index contributed by atoms with van der Waals surface area (Å²) in [5, 5.41) is 6.00. The minimum absolute atomic E-state index is 0.227. The van der Waals surface area contributed by atoms with Crippen molar-refractivity contribution in [2.45, 2.75) is 13.8 Å². The van der Waals surface area contributed by atoms with Gasteiger partial charge in [0, 0.05) is 5.56 Å². The highest BCUT2D eigenvalue weighted by Crippen LogP contribution is 2.18. The van der Waals surface area contributed by atoms with Gasteiger partial charge < -0.3 is 4.74 Å². The molecule has 0 aromatic heterocycles. The second kappa shape index (κ2) is 8.30. The summed E-state index contributed by atoms with van der Waals surface area (Å²) in [6.45, 7) is 4.91. The molecule has 4 heteroatoms. The highest BCUT2D eigenvalue weighted by atomic mass is 16.5. The molecule has 0 bridgehead atoms. The monoisotopic (exact) mass is 346 g/mol. The summed E-state index contributed by atoms with van der Waals surface area (Å²) in [5.41, 5.74) is 4.09. The van der Waals surface area contributed by atoms with Gasteiger partial charge in [-0.2, -0.15) is 5.10 Å². The third kappa shape index (κ3) is 4.48. The predicted octanol–water partition coefficient (Wildman–Crippen LogP) is 4.64. The average molecular weight is 346 g/mol. The van der Waals surface area contributed by atoms with Crippen LogP contribution in [-0.2, 0) is 0 Å². The molecule has 0 radical (unpaired) electrons. The van der Waals surface area contributed by atoms with Crippen LogP contribution in [0.15, 0.2) is 71.8 Å². The summed E-state index contributed by atoms with van der Waals surface area (Å²) in [4.78, 5) is 12.4. The Morgan fingerprint density at radius 1 is 1.04 bits per heavy atom. The lowest BCUT2D eigenvalue weighted by Gasteiger charge is -2.08. The van der Waals surface area contributed by atoms with E-state index in [1.54, 1.807) is 12.3 Å². The summed E-state index contributed by atoms with van der Waals surface area (Å²) in [7, 11) is 0. The Morgan fingerprint density at radius 2 is 1.77 bits per heavy atom. The van der Waals surface area contributed by atoms with Gasteiger partial charge in [0.1, 0.15) is 5.75 Å². The number of nitrogens with zero attached hydrogens (tertiary/aromatic N) is 1. The molecule has 0 spiro atoms. The Hall–Kier alpha value is -3.14. The van der Waals surface area contributed by atoms with Crippen LogP contribution in [0.2, 0.25) is 0 Å². The molecule has 0 saturated carbocycles. The van der Waals surface area contributed by atoms with Gasteiger partial charge in [-0.05, 0) is 52.6 Å². The Kier molecular flexibility index (Phi) is 5.64. The van der Waals surface area contributed by atoms with Crippen molar-refractivity contribution in [3.8, 4) is 5.75 Å². The van der Waals surface area contributed by atoms with Crippen molar-refractivity contribution in [3.63, 3.8) is 0 Å². The molecule has 0 atom stereocenters. The number of nitrogens with one attached hydrogen (secondary N) is 1. The van der Waals surface area contributed by atoms with Crippen LogP contribution in [0.4, 0.5) is 0 Å². The summed E-state index contributed by atoms with van der Waals surface area (Å²) in [5.74, 6) is 1.09. The van der Waals surface area contributed by atoms with Crippen LogP contribution in [0, 0.1) is 5.92 Å². The third-order valence-electron chi connectivity index (χ3n) is 3.88. The van der Waals surface area contributed by atoms with Gasteiger partial charge in [-0.1, -0.05) is 50.2 Å². The second-order valence-corrected chi connectivity index (χ2v) is 6.50. The fraction of sp³-hybridized carbons (Fsp3) is 0.182. The second-order valence-electron chi connectivity index (χ2n) is 6.50. The maximum Gasteiger partial charge on any atom is 0.271 e. The van der Waals surface area contributed by atoms with E-state index < -0.39 is 0 Å². The van der Waals surface area contributed by atoms with E-state index in [-0.39, 0.29) is 5.91 Å². The number of rotatable bonds is 6. The van der Waals surface area contributed by atoms with Crippen molar-refractivity contribution in [2.24, 2.45) is 11.0 Å². The van der Waals surface area contributed by atoms with Gasteiger partial charge >= 0.3 is 0 Å². The first-order valence-corrected chi connectivity index (χ1v) is 8.67. The van der Waals surface area contributed by atoms with Crippen LogP contribution in [0.5, 0.6) is 5.75 Å². The molecule has 0 fully saturated rings. The van der Waals surface area contributed by atoms with E-state index in [0.717, 1.165) is 22.1 Å². The molecule has 4 nitrogen and oxygen atoms in total. The molecule has 132 valence electrons. The fourth-order valence-electron chi connectivity index (χ4n) is 2.56. The number of fused-ring (bicyclic) bond motifs is 1. The molecule has 0 unspecified atom stereocenters. The molecule has 0 heterocycles. The van der Waals surface area contributed by atoms with Crippen molar-refractivity contribution in [1.29, 1.82) is 0 Å². The Labute approximate surface area is 153 Å². The third-order valence-corrected chi connectivity index (χ3v) is 3.88. The first-order chi connectivity index (χ1) is 12.6. The van der Waals surface area contributed by atoms with E-state index in [1.807, 2.05) is 60.7 Å². The molecule has 0 aliphatic carbocycles. The van der Waals surface area contributed by atoms with Crippen molar-refractivity contribution >= 4 is 22.9 Å². The first-order valence-electron chi connectivity index (χ1n) is 8.67. The van der Waals surface area contributed by atoms with Gasteiger partial charge in [0.2, 0.25) is 0 Å². The lowest BCUT2D eigenvalue weighted by atomic mass is 10.0. The zero-order valence-corrected chi connectivity index (χ0v) is 15.0. The molecule has 3 rings (SSSR count). The number of hydrogen-bond acceptors (Lipinski definition) is 3. The summed E-state index contributed by atoms with van der Waals surface area (Å²) < 4.78 is 5.65. The van der Waals surface area contributed by atoms with Crippen LogP contribution in [-0.4, -0.2) is 18.7 Å². The quantitative estimate of drug-likeness (QED) is 0.522. The number of amides is 1. The van der Waals surface area contributed by atoms with E-state index in [9.17, 15) is 4.79 Å². The highest BCUT2D eigenvalue weighted by molar-refractivity contribution is 6.07. The van der Waals surface area contributed by atoms with Crippen LogP contribution >= 0.6 is 0 Å². The van der Waals surface area contributed by atoms with Gasteiger partial charge in [-0.25, -0.2) is 5.43 Å². The standard InChI is InChI=1S/C22H22N2O2/c1-16(2)15-26-19-12-10-17(11-13-19)14-23-24-22(25)21-9-5-7-18-6-3-4-8-20(18)21/h3-14,16H,15H2,1-2H3,(H,24,25)/b23-14-. The van der Waals surface area contributed by atoms with Crippen molar-refractivity contribution in [1.82, 2.24) is 5.43 Å². The molecular weight excluding hydrogens is 324 g/mol. The van der Waals surface area contributed by atoms with Crippen molar-refractivity contribution in [2.75, 3.05) is 6.61 Å². The molecular formula is C22H22N2O2. The zero-order valence-electron chi connectivity index (χ0n) is 15.0. The topological polar surface area (TPSA) is 50.7 Å². The van der Waals surface area contributed by atoms with E-state index in [4.69, 9.17) is 4.74 Å². The lowest BCUT2D eigenvalue weighted by Crippen LogP contribution is -2.17. The Balaban J connectivity index is 1.63. The van der Waals surface area contributed by atoms with Crippen molar-refractivity contribution < 1.29 is 9.53 Å². The van der Waals surface area contributed by atoms with E-state index in [2.05, 4.69) is 24.4 Å². The number of hydrogen-bond donors (Lipinski definition) is 1. The molecule has 0 aliphatic heterocycles. The number of ether oxygens (including phenoxy) is 1. The minimum atomic E-state index is -0.227. The van der Waals surface area contributed by atoms with Gasteiger partial charge in [-0.15, -0.1) is 0 Å². The first kappa shape index (κ1) is 17.7. The van der Waals surface area contributed by atoms with Crippen LogP contribution < -0.4 is 10.2 Å². The minimum Gasteiger partial charge on any atom is -0.493 e. The number of benzene rings is 3. The maximum atomic E-state index is 12.4. The van der Waals surface area contributed by atoms with Gasteiger partial charge in [0.05, 0.1) is 12.8 Å². The van der Waals surface area contributed by atoms with E-state index in [0.29, 0.717) is 18.1 Å². The van der Waals surface area contributed by atoms with Gasteiger partial charge in [0.25, 0.3) is 5.91 Å². The number of carbonyl (C=O) groups excluding carboxylic acids is 1. The molecule has 0 aliphatic rings. The number of carbonyl (C=O) groups is 1. The van der Waals surface area contributed by atoms with Crippen LogP contribution in [0.3, 0.4) is 0 Å². The molecule has 3 aromatic rings. The summed E-state index contributed by atoms with van der Waals surface area (Å²) in [6.07, 6.45) is 1.62. The molecule has 0 saturated heterocycles. The van der Waals surface area contributed by atoms with Gasteiger partial charge in [-0.3, -0.25) is 4.79 Å². The predicted molar refractivity (Wildman–Crippen MR) is 106 cm³/mol. The molecule has 1 N–H and O–H groups in total. The van der Waals surface area contributed by atoms with E-state index >= 15 is 0 Å². The van der Waals surface area contributed by atoms with Gasteiger partial charge in [0.15, 0.2) is 0 Å². The summed E-state index contributed by atoms with van der Waals surface area (Å²) >= 11 is 0. The molecule has 3 aromatic carbocycles. The SMILES string of the molecule is CC(C)COc1ccc(/C=N\NC(=O)c2cccc3ccccc23)cc1. The van der Waals surface area contributed by atoms with E-state index in [1.165, 1.54) is 0 Å². The van der Waals surface area contributed by atoms with Crippen LogP contribution in [0.1, 0.15) is 29.8 Å². The zero-order chi connectivity index (χ0) is 18.4. The maximum absolute atomic E-state index is 12.4. The molecule has 1 amide bonds. The normalized spacial score (nSPS) is 11.2. The Bertz CT molecular complexity index is 910. The molecule has 26 heavy (non-hydrogen) atoms.